The van der Waals surface area contributed by atoms with Crippen molar-refractivity contribution in [2.24, 2.45) is 0 Å². The Morgan fingerprint density at radius 1 is 1.07 bits per heavy atom. The fraction of sp³-hybridized carbons (Fsp3) is 0.381. The number of amides is 1. The maximum Gasteiger partial charge on any atom is 0.264 e. The summed E-state index contributed by atoms with van der Waals surface area (Å²) in [4.78, 5) is 12.7. The van der Waals surface area contributed by atoms with E-state index < -0.39 is 10.0 Å². The Morgan fingerprint density at radius 3 is 2.25 bits per heavy atom. The first-order valence-electron chi connectivity index (χ1n) is 9.40. The Bertz CT molecular complexity index is 902. The second kappa shape index (κ2) is 8.75. The van der Waals surface area contributed by atoms with Gasteiger partial charge in [-0.25, -0.2) is 8.42 Å². The molecule has 7 heteroatoms. The van der Waals surface area contributed by atoms with E-state index in [1.54, 1.807) is 36.4 Å². The number of ether oxygens (including phenoxy) is 1. The van der Waals surface area contributed by atoms with Gasteiger partial charge in [0.25, 0.3) is 10.0 Å². The van der Waals surface area contributed by atoms with Crippen LogP contribution in [0.2, 0.25) is 0 Å². The summed E-state index contributed by atoms with van der Waals surface area (Å²) in [5.41, 5.74) is 2.44. The molecule has 2 aromatic rings. The van der Waals surface area contributed by atoms with E-state index in [0.717, 1.165) is 28.3 Å². The maximum absolute atomic E-state index is 13.2. The summed E-state index contributed by atoms with van der Waals surface area (Å²) in [5.74, 6) is -0.355. The second-order valence-electron chi connectivity index (χ2n) is 7.10. The number of sulfonamides is 1. The van der Waals surface area contributed by atoms with Gasteiger partial charge < -0.3 is 10.1 Å². The molecule has 0 aromatic heterocycles. The monoisotopic (exact) mass is 402 g/mol. The molecule has 6 nitrogen and oxygen atoms in total. The Balaban J connectivity index is 1.83. The van der Waals surface area contributed by atoms with Gasteiger partial charge in [0.1, 0.15) is 6.54 Å². The number of benzene rings is 2. The van der Waals surface area contributed by atoms with E-state index >= 15 is 0 Å². The van der Waals surface area contributed by atoms with Gasteiger partial charge in [0.2, 0.25) is 5.91 Å². The van der Waals surface area contributed by atoms with E-state index in [1.165, 1.54) is 0 Å². The van der Waals surface area contributed by atoms with Crippen molar-refractivity contribution in [3.8, 4) is 0 Å². The number of anilines is 1. The largest absolute Gasteiger partial charge is 0.376 e. The predicted octanol–water partition coefficient (Wildman–Crippen LogP) is 2.79. The first-order chi connectivity index (χ1) is 13.4. The van der Waals surface area contributed by atoms with Crippen molar-refractivity contribution >= 4 is 21.6 Å². The van der Waals surface area contributed by atoms with Crippen molar-refractivity contribution in [3.05, 3.63) is 59.7 Å². The Labute approximate surface area is 166 Å². The van der Waals surface area contributed by atoms with Crippen LogP contribution in [0.25, 0.3) is 0 Å². The number of hydrogen-bond donors (Lipinski definition) is 1. The standard InChI is InChI=1S/C21H26N2O4S/c1-16-5-9-18(10-6-16)23(15-21(24)22-14-19-4-3-13-27-19)28(25,26)20-11-7-17(2)8-12-20/h5-12,19H,3-4,13-15H2,1-2H3,(H,22,24)/t19-/m0/s1. The second-order valence-corrected chi connectivity index (χ2v) is 8.96. The summed E-state index contributed by atoms with van der Waals surface area (Å²) in [6.07, 6.45) is 1.90. The van der Waals surface area contributed by atoms with E-state index in [4.69, 9.17) is 4.74 Å². The SMILES string of the molecule is Cc1ccc(N(CC(=O)NC[C@@H]2CCCO2)S(=O)(=O)c2ccc(C)cc2)cc1. The highest BCUT2D eigenvalue weighted by molar-refractivity contribution is 7.92. The minimum absolute atomic E-state index is 0.00507. The van der Waals surface area contributed by atoms with Crippen LogP contribution < -0.4 is 9.62 Å². The molecule has 1 amide bonds. The Hall–Kier alpha value is -2.38. The molecular weight excluding hydrogens is 376 g/mol. The highest BCUT2D eigenvalue weighted by Crippen LogP contribution is 2.24. The lowest BCUT2D eigenvalue weighted by Gasteiger charge is -2.24. The zero-order valence-corrected chi connectivity index (χ0v) is 17.0. The average Bonchev–Trinajstić information content (AvgIpc) is 3.19. The molecular formula is C21H26N2O4S. The van der Waals surface area contributed by atoms with Crippen molar-refractivity contribution in [2.45, 2.75) is 37.7 Å². The number of nitrogens with one attached hydrogen (secondary N) is 1. The van der Waals surface area contributed by atoms with Crippen molar-refractivity contribution in [3.63, 3.8) is 0 Å². The molecule has 1 heterocycles. The number of carbonyl (C=O) groups excluding carboxylic acids is 1. The molecule has 0 aliphatic carbocycles. The highest BCUT2D eigenvalue weighted by atomic mass is 32.2. The van der Waals surface area contributed by atoms with E-state index in [0.29, 0.717) is 18.8 Å². The minimum atomic E-state index is -3.87. The molecule has 1 saturated heterocycles. The highest BCUT2D eigenvalue weighted by Gasteiger charge is 2.27. The summed E-state index contributed by atoms with van der Waals surface area (Å²) >= 11 is 0. The van der Waals surface area contributed by atoms with Crippen molar-refractivity contribution < 1.29 is 17.9 Å². The summed E-state index contributed by atoms with van der Waals surface area (Å²) in [6, 6.07) is 13.7. The van der Waals surface area contributed by atoms with E-state index in [1.807, 2.05) is 26.0 Å². The number of rotatable bonds is 7. The first kappa shape index (κ1) is 20.4. The van der Waals surface area contributed by atoms with Gasteiger partial charge in [-0.05, 0) is 51.0 Å². The third kappa shape index (κ3) is 4.91. The summed E-state index contributed by atoms with van der Waals surface area (Å²) in [5, 5.41) is 2.80. The van der Waals surface area contributed by atoms with Crippen molar-refractivity contribution in [2.75, 3.05) is 24.0 Å². The van der Waals surface area contributed by atoms with E-state index in [-0.39, 0.29) is 23.5 Å². The van der Waals surface area contributed by atoms with Crippen LogP contribution in [0.4, 0.5) is 5.69 Å². The summed E-state index contributed by atoms with van der Waals surface area (Å²) in [7, 11) is -3.87. The van der Waals surface area contributed by atoms with E-state index in [2.05, 4.69) is 5.32 Å². The van der Waals surface area contributed by atoms with Crippen LogP contribution in [-0.4, -0.2) is 40.1 Å². The molecule has 1 aliphatic heterocycles. The van der Waals surface area contributed by atoms with Gasteiger partial charge in [-0.3, -0.25) is 9.10 Å². The third-order valence-corrected chi connectivity index (χ3v) is 6.56. The van der Waals surface area contributed by atoms with Crippen LogP contribution in [0, 0.1) is 13.8 Å². The quantitative estimate of drug-likeness (QED) is 0.773. The van der Waals surface area contributed by atoms with Gasteiger partial charge in [-0.1, -0.05) is 35.4 Å². The smallest absolute Gasteiger partial charge is 0.264 e. The molecule has 0 unspecified atom stereocenters. The molecule has 0 radical (unpaired) electrons. The Morgan fingerprint density at radius 2 is 1.68 bits per heavy atom. The summed E-state index contributed by atoms with van der Waals surface area (Å²) < 4.78 is 33.2. The van der Waals surface area contributed by atoms with Gasteiger partial charge in [0.05, 0.1) is 16.7 Å². The minimum Gasteiger partial charge on any atom is -0.376 e. The van der Waals surface area contributed by atoms with Crippen LogP contribution >= 0.6 is 0 Å². The number of hydrogen-bond acceptors (Lipinski definition) is 4. The number of nitrogens with zero attached hydrogens (tertiary/aromatic N) is 1. The fourth-order valence-corrected chi connectivity index (χ4v) is 4.50. The van der Waals surface area contributed by atoms with Crippen LogP contribution in [0.5, 0.6) is 0 Å². The molecule has 3 rings (SSSR count). The molecule has 1 fully saturated rings. The first-order valence-corrected chi connectivity index (χ1v) is 10.8. The fourth-order valence-electron chi connectivity index (χ4n) is 3.08. The molecule has 150 valence electrons. The molecule has 1 aliphatic rings. The lowest BCUT2D eigenvalue weighted by atomic mass is 10.2. The average molecular weight is 403 g/mol. The van der Waals surface area contributed by atoms with Crippen molar-refractivity contribution in [1.82, 2.24) is 5.32 Å². The van der Waals surface area contributed by atoms with Crippen LogP contribution in [0.3, 0.4) is 0 Å². The van der Waals surface area contributed by atoms with Crippen molar-refractivity contribution in [1.29, 1.82) is 0 Å². The molecule has 1 N–H and O–H groups in total. The Kier molecular flexibility index (Phi) is 6.36. The van der Waals surface area contributed by atoms with Crippen LogP contribution in [-0.2, 0) is 19.6 Å². The van der Waals surface area contributed by atoms with Crippen LogP contribution in [0.15, 0.2) is 53.4 Å². The predicted molar refractivity (Wildman–Crippen MR) is 109 cm³/mol. The molecule has 0 spiro atoms. The van der Waals surface area contributed by atoms with Gasteiger partial charge >= 0.3 is 0 Å². The molecule has 2 aromatic carbocycles. The molecule has 0 bridgehead atoms. The lowest BCUT2D eigenvalue weighted by Crippen LogP contribution is -2.42. The normalized spacial score (nSPS) is 16.7. The molecule has 1 atom stereocenters. The topological polar surface area (TPSA) is 75.7 Å². The summed E-state index contributed by atoms with van der Waals surface area (Å²) in [6.45, 7) is 4.64. The van der Waals surface area contributed by atoms with Gasteiger partial charge in [0.15, 0.2) is 0 Å². The number of carbonyl (C=O) groups is 1. The van der Waals surface area contributed by atoms with Crippen LogP contribution in [0.1, 0.15) is 24.0 Å². The molecule has 28 heavy (non-hydrogen) atoms. The number of aryl methyl sites for hydroxylation is 2. The van der Waals surface area contributed by atoms with E-state index in [9.17, 15) is 13.2 Å². The van der Waals surface area contributed by atoms with Gasteiger partial charge in [0, 0.05) is 13.2 Å². The third-order valence-electron chi connectivity index (χ3n) is 4.77. The maximum atomic E-state index is 13.2. The van der Waals surface area contributed by atoms with Gasteiger partial charge in [-0.15, -0.1) is 0 Å². The molecule has 0 saturated carbocycles. The zero-order valence-electron chi connectivity index (χ0n) is 16.2. The lowest BCUT2D eigenvalue weighted by molar-refractivity contribution is -0.120. The zero-order chi connectivity index (χ0) is 20.1. The van der Waals surface area contributed by atoms with Gasteiger partial charge in [-0.2, -0.15) is 0 Å².